The van der Waals surface area contributed by atoms with Crippen LogP contribution >= 0.6 is 0 Å². The first-order chi connectivity index (χ1) is 9.24. The van der Waals surface area contributed by atoms with Crippen LogP contribution in [0.2, 0.25) is 0 Å². The van der Waals surface area contributed by atoms with E-state index < -0.39 is 11.2 Å². The van der Waals surface area contributed by atoms with Crippen molar-refractivity contribution in [1.29, 1.82) is 0 Å². The summed E-state index contributed by atoms with van der Waals surface area (Å²) in [6.45, 7) is 8.98. The van der Waals surface area contributed by atoms with Gasteiger partial charge in [-0.15, -0.1) is 0 Å². The molecule has 1 aromatic rings. The van der Waals surface area contributed by atoms with Crippen molar-refractivity contribution in [3.05, 3.63) is 23.8 Å². The summed E-state index contributed by atoms with van der Waals surface area (Å²) in [6.07, 6.45) is 0.548. The van der Waals surface area contributed by atoms with Gasteiger partial charge in [0.1, 0.15) is 18.8 Å². The van der Waals surface area contributed by atoms with Crippen LogP contribution < -0.4 is 9.47 Å². The maximum Gasteiger partial charge on any atom is 0.161 e. The number of aliphatic hydroxyl groups is 1. The molecular weight excluding hydrogens is 256 g/mol. The normalized spacial score (nSPS) is 30.2. The molecule has 4 heteroatoms. The number of ether oxygens (including phenoxy) is 3. The summed E-state index contributed by atoms with van der Waals surface area (Å²) >= 11 is 0. The van der Waals surface area contributed by atoms with Gasteiger partial charge in [-0.2, -0.15) is 0 Å². The lowest BCUT2D eigenvalue weighted by atomic mass is 9.77. The van der Waals surface area contributed by atoms with Gasteiger partial charge in [-0.25, -0.2) is 0 Å². The van der Waals surface area contributed by atoms with E-state index in [-0.39, 0.29) is 5.60 Å². The number of rotatable bonds is 1. The minimum atomic E-state index is -1.04. The third kappa shape index (κ3) is 1.98. The SMILES string of the molecule is CC1(C)CC(O)(c2ccc3c(c2)OCCO3)C(C)(C)O1. The molecule has 1 saturated heterocycles. The molecule has 0 aliphatic carbocycles. The van der Waals surface area contributed by atoms with Crippen LogP contribution in [-0.4, -0.2) is 29.5 Å². The molecule has 0 amide bonds. The molecular formula is C16H22O4. The van der Waals surface area contributed by atoms with E-state index in [9.17, 15) is 5.11 Å². The van der Waals surface area contributed by atoms with E-state index in [2.05, 4.69) is 0 Å². The highest BCUT2D eigenvalue weighted by molar-refractivity contribution is 5.46. The fourth-order valence-corrected chi connectivity index (χ4v) is 3.39. The topological polar surface area (TPSA) is 47.9 Å². The highest BCUT2D eigenvalue weighted by Crippen LogP contribution is 2.51. The number of hydrogen-bond donors (Lipinski definition) is 1. The van der Waals surface area contributed by atoms with Gasteiger partial charge in [0.05, 0.1) is 11.2 Å². The predicted octanol–water partition coefficient (Wildman–Crippen LogP) is 2.62. The zero-order chi connectivity index (χ0) is 14.6. The summed E-state index contributed by atoms with van der Waals surface area (Å²) in [5.74, 6) is 1.43. The van der Waals surface area contributed by atoms with Gasteiger partial charge in [-0.3, -0.25) is 0 Å². The van der Waals surface area contributed by atoms with Crippen molar-refractivity contribution in [2.75, 3.05) is 13.2 Å². The Morgan fingerprint density at radius 1 is 1.00 bits per heavy atom. The van der Waals surface area contributed by atoms with Gasteiger partial charge >= 0.3 is 0 Å². The maximum absolute atomic E-state index is 11.2. The standard InChI is InChI=1S/C16H22O4/c1-14(2)10-16(17,15(3,4)20-14)11-5-6-12-13(9-11)19-8-7-18-12/h5-6,9,17H,7-8,10H2,1-4H3. The van der Waals surface area contributed by atoms with Gasteiger partial charge in [0.2, 0.25) is 0 Å². The second-order valence-electron chi connectivity index (χ2n) is 6.77. The Balaban J connectivity index is 2.03. The number of fused-ring (bicyclic) bond motifs is 1. The van der Waals surface area contributed by atoms with E-state index in [1.807, 2.05) is 45.9 Å². The average molecular weight is 278 g/mol. The molecule has 1 aromatic carbocycles. The smallest absolute Gasteiger partial charge is 0.161 e. The molecule has 0 spiro atoms. The van der Waals surface area contributed by atoms with Gasteiger partial charge < -0.3 is 19.3 Å². The summed E-state index contributed by atoms with van der Waals surface area (Å²) in [5, 5.41) is 11.2. The Morgan fingerprint density at radius 2 is 1.65 bits per heavy atom. The molecule has 1 unspecified atom stereocenters. The predicted molar refractivity (Wildman–Crippen MR) is 75.2 cm³/mol. The van der Waals surface area contributed by atoms with Crippen LogP contribution in [0.5, 0.6) is 11.5 Å². The summed E-state index contributed by atoms with van der Waals surface area (Å²) < 4.78 is 17.2. The molecule has 1 N–H and O–H groups in total. The van der Waals surface area contributed by atoms with Crippen LogP contribution in [0.1, 0.15) is 39.7 Å². The van der Waals surface area contributed by atoms with Gasteiger partial charge in [0.25, 0.3) is 0 Å². The van der Waals surface area contributed by atoms with Crippen LogP contribution in [0, 0.1) is 0 Å². The van der Waals surface area contributed by atoms with E-state index >= 15 is 0 Å². The summed E-state index contributed by atoms with van der Waals surface area (Å²) in [6, 6.07) is 5.64. The summed E-state index contributed by atoms with van der Waals surface area (Å²) in [4.78, 5) is 0. The van der Waals surface area contributed by atoms with Crippen LogP contribution in [0.3, 0.4) is 0 Å². The van der Waals surface area contributed by atoms with Crippen molar-refractivity contribution < 1.29 is 19.3 Å². The van der Waals surface area contributed by atoms with Gasteiger partial charge in [-0.05, 0) is 45.4 Å². The molecule has 0 bridgehead atoms. The molecule has 2 aliphatic heterocycles. The molecule has 3 rings (SSSR count). The van der Waals surface area contributed by atoms with Crippen molar-refractivity contribution in [2.24, 2.45) is 0 Å². The van der Waals surface area contributed by atoms with E-state index in [0.29, 0.717) is 25.4 Å². The quantitative estimate of drug-likeness (QED) is 0.858. The Labute approximate surface area is 119 Å². The van der Waals surface area contributed by atoms with Gasteiger partial charge in [-0.1, -0.05) is 6.07 Å². The molecule has 4 nitrogen and oxygen atoms in total. The zero-order valence-electron chi connectivity index (χ0n) is 12.5. The molecule has 20 heavy (non-hydrogen) atoms. The summed E-state index contributed by atoms with van der Waals surface area (Å²) in [7, 11) is 0. The lowest BCUT2D eigenvalue weighted by molar-refractivity contribution is -0.129. The zero-order valence-corrected chi connectivity index (χ0v) is 12.5. The van der Waals surface area contributed by atoms with E-state index in [4.69, 9.17) is 14.2 Å². The molecule has 0 aromatic heterocycles. The minimum absolute atomic E-state index is 0.356. The van der Waals surface area contributed by atoms with E-state index in [0.717, 1.165) is 11.3 Å². The van der Waals surface area contributed by atoms with Crippen LogP contribution in [-0.2, 0) is 10.3 Å². The maximum atomic E-state index is 11.2. The Kier molecular flexibility index (Phi) is 2.82. The fourth-order valence-electron chi connectivity index (χ4n) is 3.39. The molecule has 1 atom stereocenters. The molecule has 0 radical (unpaired) electrons. The number of hydrogen-bond acceptors (Lipinski definition) is 4. The van der Waals surface area contributed by atoms with Crippen LogP contribution in [0.25, 0.3) is 0 Å². The lowest BCUT2D eigenvalue weighted by Gasteiger charge is -2.36. The highest BCUT2D eigenvalue weighted by atomic mass is 16.6. The molecule has 110 valence electrons. The third-order valence-corrected chi connectivity index (χ3v) is 4.23. The van der Waals surface area contributed by atoms with Crippen molar-refractivity contribution >= 4 is 0 Å². The van der Waals surface area contributed by atoms with Crippen LogP contribution in [0.4, 0.5) is 0 Å². The number of benzene rings is 1. The van der Waals surface area contributed by atoms with E-state index in [1.165, 1.54) is 0 Å². The van der Waals surface area contributed by atoms with Crippen molar-refractivity contribution in [3.8, 4) is 11.5 Å². The average Bonchev–Trinajstić information content (AvgIpc) is 2.53. The first-order valence-electron chi connectivity index (χ1n) is 7.06. The Morgan fingerprint density at radius 3 is 2.25 bits per heavy atom. The van der Waals surface area contributed by atoms with Crippen LogP contribution in [0.15, 0.2) is 18.2 Å². The second kappa shape index (κ2) is 4.12. The van der Waals surface area contributed by atoms with E-state index in [1.54, 1.807) is 0 Å². The third-order valence-electron chi connectivity index (χ3n) is 4.23. The van der Waals surface area contributed by atoms with Crippen molar-refractivity contribution in [1.82, 2.24) is 0 Å². The largest absolute Gasteiger partial charge is 0.486 e. The van der Waals surface area contributed by atoms with Crippen molar-refractivity contribution in [3.63, 3.8) is 0 Å². The molecule has 2 heterocycles. The fraction of sp³-hybridized carbons (Fsp3) is 0.625. The van der Waals surface area contributed by atoms with Gasteiger partial charge in [0, 0.05) is 6.42 Å². The first-order valence-corrected chi connectivity index (χ1v) is 7.06. The molecule has 0 saturated carbocycles. The van der Waals surface area contributed by atoms with Gasteiger partial charge in [0.15, 0.2) is 11.5 Å². The van der Waals surface area contributed by atoms with Crippen molar-refractivity contribution in [2.45, 2.75) is 50.9 Å². The summed E-state index contributed by atoms with van der Waals surface area (Å²) in [5.41, 5.74) is -1.23. The molecule has 2 aliphatic rings. The Hall–Kier alpha value is -1.26. The Bertz CT molecular complexity index is 535. The first kappa shape index (κ1) is 13.7. The second-order valence-corrected chi connectivity index (χ2v) is 6.77. The molecule has 1 fully saturated rings. The lowest BCUT2D eigenvalue weighted by Crippen LogP contribution is -2.43. The minimum Gasteiger partial charge on any atom is -0.486 e. The highest BCUT2D eigenvalue weighted by Gasteiger charge is 2.57. The monoisotopic (exact) mass is 278 g/mol.